The number of amides is 2. The lowest BCUT2D eigenvalue weighted by atomic mass is 10.0. The van der Waals surface area contributed by atoms with Gasteiger partial charge in [0.15, 0.2) is 0 Å². The van der Waals surface area contributed by atoms with Gasteiger partial charge in [0.1, 0.15) is 5.60 Å². The average molecular weight is 571 g/mol. The number of carbonyl (C=O) groups is 2. The maximum Gasteiger partial charge on any atom is 0.407 e. The predicted molar refractivity (Wildman–Crippen MR) is 153 cm³/mol. The van der Waals surface area contributed by atoms with Crippen molar-refractivity contribution >= 4 is 58.4 Å². The van der Waals surface area contributed by atoms with E-state index in [1.165, 1.54) is 23.5 Å². The summed E-state index contributed by atoms with van der Waals surface area (Å²) in [5.74, 6) is 0.316. The fourth-order valence-electron chi connectivity index (χ4n) is 4.12. The minimum Gasteiger partial charge on any atom is -0.768 e. The first kappa shape index (κ1) is 28.7. The molecule has 2 aliphatic rings. The lowest BCUT2D eigenvalue weighted by Gasteiger charge is -2.32. The van der Waals surface area contributed by atoms with Crippen LogP contribution < -0.4 is 10.6 Å². The summed E-state index contributed by atoms with van der Waals surface area (Å²) in [4.78, 5) is 38.0. The largest absolute Gasteiger partial charge is 0.768 e. The highest BCUT2D eigenvalue weighted by molar-refractivity contribution is 7.79. The summed E-state index contributed by atoms with van der Waals surface area (Å²) in [5, 5.41) is 5.98. The Labute approximate surface area is 234 Å². The quantitative estimate of drug-likeness (QED) is 0.517. The molecule has 1 aromatic carbocycles. The van der Waals surface area contributed by atoms with Crippen LogP contribution in [0, 0.1) is 0 Å². The summed E-state index contributed by atoms with van der Waals surface area (Å²) < 4.78 is 27.9. The van der Waals surface area contributed by atoms with E-state index in [4.69, 9.17) is 4.74 Å². The molecule has 2 aliphatic heterocycles. The second-order valence-corrected chi connectivity index (χ2v) is 12.2. The van der Waals surface area contributed by atoms with Crippen molar-refractivity contribution in [3.63, 3.8) is 0 Å². The molecule has 1 fully saturated rings. The molecule has 2 N–H and O–H groups in total. The van der Waals surface area contributed by atoms with Crippen LogP contribution >= 0.6 is 11.3 Å². The molecule has 2 aromatic rings. The predicted octanol–water partition coefficient (Wildman–Crippen LogP) is 4.57. The Morgan fingerprint density at radius 1 is 1.21 bits per heavy atom. The van der Waals surface area contributed by atoms with Crippen LogP contribution in [0.3, 0.4) is 0 Å². The zero-order valence-electron chi connectivity index (χ0n) is 22.1. The molecule has 1 aromatic heterocycles. The van der Waals surface area contributed by atoms with Crippen LogP contribution in [0.1, 0.15) is 60.1 Å². The Morgan fingerprint density at radius 3 is 2.69 bits per heavy atom. The number of likely N-dealkylation sites (tertiary alicyclic amines) is 1. The fourth-order valence-corrected chi connectivity index (χ4v) is 5.61. The number of anilines is 1. The molecule has 4 rings (SSSR count). The second-order valence-electron chi connectivity index (χ2n) is 10.2. The highest BCUT2D eigenvalue weighted by Gasteiger charge is 2.27. The van der Waals surface area contributed by atoms with Gasteiger partial charge < -0.3 is 24.8 Å². The Bertz CT molecular complexity index is 1320. The van der Waals surface area contributed by atoms with Gasteiger partial charge >= 0.3 is 6.09 Å². The maximum absolute atomic E-state index is 13.3. The number of benzene rings is 1. The zero-order chi connectivity index (χ0) is 28.0. The Kier molecular flexibility index (Phi) is 9.31. The molecule has 1 saturated heterocycles. The minimum absolute atomic E-state index is 0.0301. The van der Waals surface area contributed by atoms with E-state index in [1.807, 2.05) is 43.9 Å². The van der Waals surface area contributed by atoms with Gasteiger partial charge in [-0.1, -0.05) is 12.1 Å². The third kappa shape index (κ3) is 8.32. The second kappa shape index (κ2) is 12.7. The van der Waals surface area contributed by atoms with Gasteiger partial charge in [-0.25, -0.2) is 14.8 Å². The van der Waals surface area contributed by atoms with E-state index in [-0.39, 0.29) is 16.8 Å². The van der Waals surface area contributed by atoms with Crippen molar-refractivity contribution in [1.29, 1.82) is 0 Å². The van der Waals surface area contributed by atoms with Gasteiger partial charge in [0.2, 0.25) is 5.96 Å². The lowest BCUT2D eigenvalue weighted by molar-refractivity contribution is 0.0474. The number of hydrogen-bond donors (Lipinski definition) is 2. The zero-order valence-corrected chi connectivity index (χ0v) is 23.8. The monoisotopic (exact) mass is 570 g/mol. The first-order valence-corrected chi connectivity index (χ1v) is 14.6. The molecule has 10 nitrogen and oxygen atoms in total. The van der Waals surface area contributed by atoms with Crippen molar-refractivity contribution in [2.24, 2.45) is 9.98 Å². The molecule has 0 spiro atoms. The fraction of sp³-hybridized carbons (Fsp3) is 0.407. The number of piperidine rings is 1. The smallest absolute Gasteiger partial charge is 0.407 e. The standard InChI is InChI=1S/C27H33N5O5S2/c1-27(2,3)37-26(34)31-19-10-13-32(14-11-19)24(33)23-15-18-17-29-25(28-12-5-4-9-22(18)38-23)30-20-7-6-8-21(16-20)39(35)36/h4,6-9,12,15-16,19H,5,10-11,13-14,17H2,1-3H3,(H,29,30)(H,31,34)(H,35,36)/p-1/b9-4-,28-12?. The number of allylic oxidation sites excluding steroid dienone is 1. The molecule has 1 unspecified atom stereocenters. The van der Waals surface area contributed by atoms with E-state index >= 15 is 0 Å². The van der Waals surface area contributed by atoms with Gasteiger partial charge in [-0.15, -0.1) is 11.3 Å². The summed E-state index contributed by atoms with van der Waals surface area (Å²) >= 11 is -0.902. The van der Waals surface area contributed by atoms with Crippen LogP contribution in [0.25, 0.3) is 6.08 Å². The number of carbonyl (C=O) groups excluding carboxylic acids is 2. The number of nitrogens with one attached hydrogen (secondary N) is 2. The molecule has 3 heterocycles. The van der Waals surface area contributed by atoms with E-state index in [0.717, 1.165) is 10.4 Å². The number of ether oxygens (including phenoxy) is 1. The third-order valence-corrected chi connectivity index (χ3v) is 7.73. The van der Waals surface area contributed by atoms with E-state index in [0.29, 0.717) is 55.4 Å². The Balaban J connectivity index is 1.41. The lowest BCUT2D eigenvalue weighted by Crippen LogP contribution is -2.47. The molecular weight excluding hydrogens is 538 g/mol. The van der Waals surface area contributed by atoms with E-state index < -0.39 is 22.8 Å². The van der Waals surface area contributed by atoms with Gasteiger partial charge in [0, 0.05) is 47.2 Å². The number of fused-ring (bicyclic) bond motifs is 1. The number of rotatable bonds is 4. The van der Waals surface area contributed by atoms with Crippen molar-refractivity contribution in [2.45, 2.75) is 63.1 Å². The summed E-state index contributed by atoms with van der Waals surface area (Å²) in [5.41, 5.74) is 0.915. The molecule has 0 radical (unpaired) electrons. The summed E-state index contributed by atoms with van der Waals surface area (Å²) in [6.45, 7) is 6.87. The van der Waals surface area contributed by atoms with Crippen LogP contribution in [0.2, 0.25) is 0 Å². The summed E-state index contributed by atoms with van der Waals surface area (Å²) in [6, 6.07) is 8.26. The molecule has 0 saturated carbocycles. The van der Waals surface area contributed by atoms with Crippen LogP contribution in [0.4, 0.5) is 10.5 Å². The van der Waals surface area contributed by atoms with E-state index in [1.54, 1.807) is 18.3 Å². The molecular formula is C27H32N5O5S2-. The van der Waals surface area contributed by atoms with Crippen molar-refractivity contribution < 1.29 is 23.1 Å². The first-order valence-electron chi connectivity index (χ1n) is 12.7. The van der Waals surface area contributed by atoms with E-state index in [9.17, 15) is 18.4 Å². The minimum atomic E-state index is -2.34. The first-order chi connectivity index (χ1) is 18.6. The van der Waals surface area contributed by atoms with Gasteiger partial charge in [-0.2, -0.15) is 0 Å². The summed E-state index contributed by atoms with van der Waals surface area (Å²) in [7, 11) is 0. The number of alkyl carbamates (subject to hydrolysis) is 1. The number of thiophene rings is 1. The highest BCUT2D eigenvalue weighted by atomic mass is 32.2. The van der Waals surface area contributed by atoms with Crippen molar-refractivity contribution in [3.05, 3.63) is 51.7 Å². The maximum atomic E-state index is 13.3. The normalized spacial score (nSPS) is 17.9. The summed E-state index contributed by atoms with van der Waals surface area (Å²) in [6.07, 6.45) is 7.14. The van der Waals surface area contributed by atoms with Crippen LogP contribution in [-0.4, -0.2) is 62.6 Å². The Morgan fingerprint density at radius 2 is 1.97 bits per heavy atom. The van der Waals surface area contributed by atoms with Crippen LogP contribution in [0.15, 0.2) is 51.3 Å². The van der Waals surface area contributed by atoms with Crippen molar-refractivity contribution in [1.82, 2.24) is 10.2 Å². The number of aliphatic imine (C=N–C) groups is 2. The van der Waals surface area contributed by atoms with Crippen molar-refractivity contribution in [2.75, 3.05) is 18.4 Å². The molecule has 2 amide bonds. The molecule has 208 valence electrons. The molecule has 12 heteroatoms. The molecule has 1 atom stereocenters. The average Bonchev–Trinajstić information content (AvgIpc) is 3.29. The SMILES string of the molecule is CC(C)(C)OC(=O)NC1CCN(C(=O)c2cc3c(s2)/C=C\CC=NC(Nc2cccc(S(=O)[O-])c2)=NC3)CC1. The molecule has 0 bridgehead atoms. The molecule has 0 aliphatic carbocycles. The third-order valence-electron chi connectivity index (χ3n) is 5.96. The van der Waals surface area contributed by atoms with Gasteiger partial charge in [-0.05, 0) is 80.6 Å². The van der Waals surface area contributed by atoms with E-state index in [2.05, 4.69) is 20.6 Å². The number of hydrogen-bond acceptors (Lipinski definition) is 9. The van der Waals surface area contributed by atoms with Gasteiger partial charge in [0.05, 0.1) is 11.4 Å². The van der Waals surface area contributed by atoms with Gasteiger partial charge in [0.25, 0.3) is 5.91 Å². The van der Waals surface area contributed by atoms with Crippen LogP contribution in [0.5, 0.6) is 0 Å². The highest BCUT2D eigenvalue weighted by Crippen LogP contribution is 2.28. The number of guanidine groups is 1. The van der Waals surface area contributed by atoms with Crippen LogP contribution in [-0.2, 0) is 22.4 Å². The topological polar surface area (TPSA) is 136 Å². The molecule has 39 heavy (non-hydrogen) atoms. The Hall–Kier alpha value is -3.35. The van der Waals surface area contributed by atoms with Crippen molar-refractivity contribution in [3.8, 4) is 0 Å². The number of nitrogens with zero attached hydrogens (tertiary/aromatic N) is 3. The van der Waals surface area contributed by atoms with Gasteiger partial charge in [-0.3, -0.25) is 9.00 Å².